The number of hydrogen-bond acceptors (Lipinski definition) is 6. The van der Waals surface area contributed by atoms with Crippen LogP contribution in [0.4, 0.5) is 0 Å². The molecule has 0 spiro atoms. The zero-order chi connectivity index (χ0) is 13.0. The standard InChI is InChI=1S/C5H13NO4S.C4H11N/c1-2-9-11(7,8)10-5-3-4-6;1-4-5(2)3/h2-6H2,1H3;4H2,1-3H3. The second-order valence-electron chi connectivity index (χ2n) is 3.17. The molecule has 7 heteroatoms. The van der Waals surface area contributed by atoms with Crippen LogP contribution in [0.3, 0.4) is 0 Å². The Morgan fingerprint density at radius 2 is 1.69 bits per heavy atom. The Morgan fingerprint density at radius 3 is 2.00 bits per heavy atom. The molecule has 0 unspecified atom stereocenters. The summed E-state index contributed by atoms with van der Waals surface area (Å²) in [5, 5.41) is 0. The van der Waals surface area contributed by atoms with Crippen LogP contribution >= 0.6 is 0 Å². The van der Waals surface area contributed by atoms with Crippen molar-refractivity contribution in [2.75, 3.05) is 40.4 Å². The van der Waals surface area contributed by atoms with Crippen LogP contribution in [0.15, 0.2) is 0 Å². The SMILES string of the molecule is CCN(C)C.CCOS(=O)(=O)OCCCN. The molecule has 100 valence electrons. The van der Waals surface area contributed by atoms with Crippen LogP contribution < -0.4 is 5.73 Å². The Morgan fingerprint density at radius 1 is 1.19 bits per heavy atom. The molecule has 0 aliphatic heterocycles. The van der Waals surface area contributed by atoms with E-state index in [1.807, 2.05) is 0 Å². The Hall–Kier alpha value is -0.210. The van der Waals surface area contributed by atoms with E-state index in [1.165, 1.54) is 0 Å². The van der Waals surface area contributed by atoms with E-state index >= 15 is 0 Å². The van der Waals surface area contributed by atoms with Crippen molar-refractivity contribution in [2.24, 2.45) is 5.73 Å². The summed E-state index contributed by atoms with van der Waals surface area (Å²) in [5.41, 5.74) is 5.12. The van der Waals surface area contributed by atoms with Gasteiger partial charge in [0.2, 0.25) is 0 Å². The first kappa shape index (κ1) is 18.2. The first-order chi connectivity index (χ1) is 7.39. The highest BCUT2D eigenvalue weighted by molar-refractivity contribution is 7.81. The van der Waals surface area contributed by atoms with E-state index < -0.39 is 10.4 Å². The first-order valence-corrected chi connectivity index (χ1v) is 6.61. The van der Waals surface area contributed by atoms with Crippen molar-refractivity contribution in [1.82, 2.24) is 4.90 Å². The van der Waals surface area contributed by atoms with Gasteiger partial charge in [-0.2, -0.15) is 8.42 Å². The van der Waals surface area contributed by atoms with Crippen molar-refractivity contribution in [1.29, 1.82) is 0 Å². The van der Waals surface area contributed by atoms with E-state index in [2.05, 4.69) is 34.3 Å². The largest absolute Gasteiger partial charge is 0.399 e. The first-order valence-electron chi connectivity index (χ1n) is 5.28. The van der Waals surface area contributed by atoms with Crippen LogP contribution in [-0.2, 0) is 18.8 Å². The average Bonchev–Trinajstić information content (AvgIpc) is 2.18. The smallest absolute Gasteiger partial charge is 0.330 e. The van der Waals surface area contributed by atoms with E-state index in [0.29, 0.717) is 13.0 Å². The van der Waals surface area contributed by atoms with Crippen LogP contribution in [0.2, 0.25) is 0 Å². The van der Waals surface area contributed by atoms with E-state index in [-0.39, 0.29) is 13.2 Å². The molecule has 0 rings (SSSR count). The molecule has 0 saturated heterocycles. The third-order valence-electron chi connectivity index (χ3n) is 1.47. The van der Waals surface area contributed by atoms with E-state index in [1.54, 1.807) is 6.92 Å². The fraction of sp³-hybridized carbons (Fsp3) is 1.00. The molecule has 0 amide bonds. The molecule has 0 aliphatic rings. The molecular weight excluding hydrogens is 232 g/mol. The van der Waals surface area contributed by atoms with Crippen molar-refractivity contribution in [3.63, 3.8) is 0 Å². The second kappa shape index (κ2) is 11.3. The van der Waals surface area contributed by atoms with Crippen LogP contribution in [-0.4, -0.2) is 53.7 Å². The van der Waals surface area contributed by atoms with Crippen LogP contribution in [0, 0.1) is 0 Å². The minimum Gasteiger partial charge on any atom is -0.330 e. The molecule has 0 bridgehead atoms. The van der Waals surface area contributed by atoms with Gasteiger partial charge < -0.3 is 10.6 Å². The van der Waals surface area contributed by atoms with Gasteiger partial charge in [-0.05, 0) is 40.5 Å². The molecule has 0 heterocycles. The lowest BCUT2D eigenvalue weighted by Gasteiger charge is -2.02. The third kappa shape index (κ3) is 16.2. The normalized spacial score (nSPS) is 11.1. The van der Waals surface area contributed by atoms with Gasteiger partial charge in [0, 0.05) is 0 Å². The summed E-state index contributed by atoms with van der Waals surface area (Å²) in [5.74, 6) is 0. The summed E-state index contributed by atoms with van der Waals surface area (Å²) in [7, 11) is 0.352. The number of hydrogen-bond donors (Lipinski definition) is 1. The fourth-order valence-electron chi connectivity index (χ4n) is 0.423. The molecule has 0 aromatic heterocycles. The summed E-state index contributed by atoms with van der Waals surface area (Å²) < 4.78 is 29.9. The van der Waals surface area contributed by atoms with E-state index in [4.69, 9.17) is 5.73 Å². The Labute approximate surface area is 99.0 Å². The maximum atomic E-state index is 10.6. The lowest BCUT2D eigenvalue weighted by atomic mass is 10.5. The Balaban J connectivity index is 0. The summed E-state index contributed by atoms with van der Waals surface area (Å²) in [6.07, 6.45) is 0.506. The second-order valence-corrected chi connectivity index (χ2v) is 4.46. The molecule has 2 N–H and O–H groups in total. The van der Waals surface area contributed by atoms with E-state index in [9.17, 15) is 8.42 Å². The van der Waals surface area contributed by atoms with Gasteiger partial charge in [-0.1, -0.05) is 6.92 Å². The molecule has 0 fully saturated rings. The molecule has 0 atom stereocenters. The van der Waals surface area contributed by atoms with Gasteiger partial charge >= 0.3 is 10.4 Å². The van der Waals surface area contributed by atoms with Gasteiger partial charge in [-0.3, -0.25) is 0 Å². The monoisotopic (exact) mass is 256 g/mol. The van der Waals surface area contributed by atoms with Crippen molar-refractivity contribution >= 4 is 10.4 Å². The van der Waals surface area contributed by atoms with Crippen molar-refractivity contribution in [3.05, 3.63) is 0 Å². The van der Waals surface area contributed by atoms with Crippen LogP contribution in [0.5, 0.6) is 0 Å². The molecule has 0 saturated carbocycles. The summed E-state index contributed by atoms with van der Waals surface area (Å²) >= 11 is 0. The number of nitrogens with zero attached hydrogens (tertiary/aromatic N) is 1. The quantitative estimate of drug-likeness (QED) is 0.655. The predicted molar refractivity (Wildman–Crippen MR) is 64.4 cm³/mol. The highest BCUT2D eigenvalue weighted by Crippen LogP contribution is 1.95. The van der Waals surface area contributed by atoms with Gasteiger partial charge in [-0.15, -0.1) is 0 Å². The van der Waals surface area contributed by atoms with Gasteiger partial charge in [0.05, 0.1) is 13.2 Å². The molecular formula is C9H24N2O4S. The summed E-state index contributed by atoms with van der Waals surface area (Å²) in [6, 6.07) is 0. The molecule has 0 radical (unpaired) electrons. The molecule has 16 heavy (non-hydrogen) atoms. The Kier molecular flexibility index (Phi) is 12.8. The zero-order valence-electron chi connectivity index (χ0n) is 10.6. The predicted octanol–water partition coefficient (Wildman–Crippen LogP) is 0.201. The number of nitrogens with two attached hydrogens (primary N) is 1. The topological polar surface area (TPSA) is 81.9 Å². The highest BCUT2D eigenvalue weighted by Gasteiger charge is 2.08. The molecule has 0 aromatic carbocycles. The van der Waals surface area contributed by atoms with Gasteiger partial charge in [0.15, 0.2) is 0 Å². The minimum atomic E-state index is -3.76. The van der Waals surface area contributed by atoms with Crippen molar-refractivity contribution in [2.45, 2.75) is 20.3 Å². The third-order valence-corrected chi connectivity index (χ3v) is 2.45. The fourth-order valence-corrected chi connectivity index (χ4v) is 1.10. The van der Waals surface area contributed by atoms with Gasteiger partial charge in [0.25, 0.3) is 0 Å². The summed E-state index contributed by atoms with van der Waals surface area (Å²) in [4.78, 5) is 2.12. The van der Waals surface area contributed by atoms with Gasteiger partial charge in [-0.25, -0.2) is 8.37 Å². The Bertz CT molecular complexity index is 230. The van der Waals surface area contributed by atoms with Crippen LogP contribution in [0.25, 0.3) is 0 Å². The molecule has 6 nitrogen and oxygen atoms in total. The zero-order valence-corrected chi connectivity index (χ0v) is 11.4. The summed E-state index contributed by atoms with van der Waals surface area (Å²) in [6.45, 7) is 5.41. The lowest BCUT2D eigenvalue weighted by Crippen LogP contribution is -2.12. The molecule has 0 aromatic rings. The lowest BCUT2D eigenvalue weighted by molar-refractivity contribution is 0.221. The minimum absolute atomic E-state index is 0.0822. The number of rotatable bonds is 7. The maximum absolute atomic E-state index is 10.6. The van der Waals surface area contributed by atoms with Crippen molar-refractivity contribution in [3.8, 4) is 0 Å². The van der Waals surface area contributed by atoms with E-state index in [0.717, 1.165) is 6.54 Å². The van der Waals surface area contributed by atoms with Gasteiger partial charge in [0.1, 0.15) is 0 Å². The maximum Gasteiger partial charge on any atom is 0.399 e. The van der Waals surface area contributed by atoms with Crippen LogP contribution in [0.1, 0.15) is 20.3 Å². The van der Waals surface area contributed by atoms with Crippen molar-refractivity contribution < 1.29 is 16.8 Å². The molecule has 0 aliphatic carbocycles. The highest BCUT2D eigenvalue weighted by atomic mass is 32.3. The average molecular weight is 256 g/mol.